The van der Waals surface area contributed by atoms with Crippen molar-refractivity contribution < 1.29 is 8.42 Å². The molecule has 27 heavy (non-hydrogen) atoms. The Morgan fingerprint density at radius 2 is 1.30 bits per heavy atom. The molecule has 0 spiro atoms. The topological polar surface area (TPSA) is 51.4 Å². The first-order valence-electron chi connectivity index (χ1n) is 8.33. The second kappa shape index (κ2) is 7.34. The van der Waals surface area contributed by atoms with Crippen molar-refractivity contribution in [3.8, 4) is 16.9 Å². The molecule has 0 N–H and O–H groups in total. The van der Waals surface area contributed by atoms with Crippen molar-refractivity contribution >= 4 is 21.4 Å². The van der Waals surface area contributed by atoms with E-state index in [1.807, 2.05) is 70.6 Å². The molecule has 4 rings (SSSR count). The molecule has 0 aliphatic carbocycles. The molecule has 0 unspecified atom stereocenters. The fourth-order valence-corrected chi connectivity index (χ4v) is 4.89. The summed E-state index contributed by atoms with van der Waals surface area (Å²) in [6.07, 6.45) is 0. The average molecular weight is 393 g/mol. The standard InChI is InChI=1S/C21H16N2O2S2/c24-27(25,19-14-8-3-9-15-19)22-21-23(18-12-6-2-7-13-18)20(16-26-21)17-10-4-1-5-11-17/h1-16H. The highest BCUT2D eigenvalue weighted by Crippen LogP contribution is 2.23. The third-order valence-electron chi connectivity index (χ3n) is 4.03. The van der Waals surface area contributed by atoms with Crippen LogP contribution in [0.4, 0.5) is 0 Å². The largest absolute Gasteiger partial charge is 0.285 e. The zero-order valence-electron chi connectivity index (χ0n) is 14.3. The van der Waals surface area contributed by atoms with Crippen LogP contribution in [0.5, 0.6) is 0 Å². The summed E-state index contributed by atoms with van der Waals surface area (Å²) in [5.74, 6) is 0. The first-order valence-corrected chi connectivity index (χ1v) is 10.6. The third-order valence-corrected chi connectivity index (χ3v) is 6.25. The predicted molar refractivity (Wildman–Crippen MR) is 108 cm³/mol. The van der Waals surface area contributed by atoms with Gasteiger partial charge in [-0.15, -0.1) is 15.7 Å². The maximum Gasteiger partial charge on any atom is 0.285 e. The average Bonchev–Trinajstić information content (AvgIpc) is 3.13. The number of para-hydroxylation sites is 1. The van der Waals surface area contributed by atoms with Crippen LogP contribution in [0.3, 0.4) is 0 Å². The molecule has 0 aliphatic heterocycles. The van der Waals surface area contributed by atoms with Crippen molar-refractivity contribution in [3.63, 3.8) is 0 Å². The van der Waals surface area contributed by atoms with E-state index in [0.29, 0.717) is 4.80 Å². The monoisotopic (exact) mass is 392 g/mol. The summed E-state index contributed by atoms with van der Waals surface area (Å²) in [6, 6.07) is 27.8. The maximum atomic E-state index is 12.8. The van der Waals surface area contributed by atoms with E-state index in [-0.39, 0.29) is 4.90 Å². The molecule has 0 saturated heterocycles. The number of sulfonamides is 1. The molecule has 0 amide bonds. The fourth-order valence-electron chi connectivity index (χ4n) is 2.76. The fraction of sp³-hybridized carbons (Fsp3) is 0. The van der Waals surface area contributed by atoms with Crippen LogP contribution in [-0.4, -0.2) is 13.0 Å². The van der Waals surface area contributed by atoms with Gasteiger partial charge in [-0.25, -0.2) is 0 Å². The van der Waals surface area contributed by atoms with Crippen LogP contribution in [-0.2, 0) is 10.0 Å². The summed E-state index contributed by atoms with van der Waals surface area (Å²) in [6.45, 7) is 0. The summed E-state index contributed by atoms with van der Waals surface area (Å²) in [5.41, 5.74) is 2.75. The zero-order chi connectivity index (χ0) is 18.7. The van der Waals surface area contributed by atoms with E-state index in [2.05, 4.69) is 4.40 Å². The van der Waals surface area contributed by atoms with Gasteiger partial charge in [-0.2, -0.15) is 8.42 Å². The molecule has 6 heteroatoms. The van der Waals surface area contributed by atoms with Crippen molar-refractivity contribution in [2.45, 2.75) is 4.90 Å². The molecule has 1 heterocycles. The SMILES string of the molecule is O=S(=O)(N=c1scc(-c2ccccc2)n1-c1ccccc1)c1ccccc1. The van der Waals surface area contributed by atoms with E-state index in [0.717, 1.165) is 16.9 Å². The van der Waals surface area contributed by atoms with E-state index >= 15 is 0 Å². The molecule has 0 fully saturated rings. The summed E-state index contributed by atoms with van der Waals surface area (Å²) < 4.78 is 31.5. The molecular weight excluding hydrogens is 376 g/mol. The maximum absolute atomic E-state index is 12.8. The van der Waals surface area contributed by atoms with Gasteiger partial charge < -0.3 is 0 Å². The Kier molecular flexibility index (Phi) is 4.75. The van der Waals surface area contributed by atoms with Gasteiger partial charge in [0.2, 0.25) is 4.80 Å². The van der Waals surface area contributed by atoms with Gasteiger partial charge in [-0.3, -0.25) is 4.57 Å². The summed E-state index contributed by atoms with van der Waals surface area (Å²) in [4.78, 5) is 0.586. The Bertz CT molecular complexity index is 1210. The predicted octanol–water partition coefficient (Wildman–Crippen LogP) is 4.50. The van der Waals surface area contributed by atoms with Gasteiger partial charge in [0.25, 0.3) is 10.0 Å². The van der Waals surface area contributed by atoms with Crippen LogP contribution >= 0.6 is 11.3 Å². The van der Waals surface area contributed by atoms with Crippen molar-refractivity contribution in [1.82, 2.24) is 4.57 Å². The lowest BCUT2D eigenvalue weighted by molar-refractivity contribution is 0.596. The molecule has 0 atom stereocenters. The van der Waals surface area contributed by atoms with Gasteiger partial charge in [0.15, 0.2) is 0 Å². The molecule has 0 bridgehead atoms. The van der Waals surface area contributed by atoms with Crippen LogP contribution in [0.15, 0.2) is 106 Å². The normalized spacial score (nSPS) is 12.2. The second-order valence-electron chi connectivity index (χ2n) is 5.82. The lowest BCUT2D eigenvalue weighted by Gasteiger charge is -2.09. The number of thiazole rings is 1. The van der Waals surface area contributed by atoms with Gasteiger partial charge in [-0.1, -0.05) is 66.7 Å². The van der Waals surface area contributed by atoms with Crippen molar-refractivity contribution in [3.05, 3.63) is 101 Å². The lowest BCUT2D eigenvalue weighted by atomic mass is 10.1. The van der Waals surface area contributed by atoms with Gasteiger partial charge >= 0.3 is 0 Å². The highest BCUT2D eigenvalue weighted by atomic mass is 32.2. The Morgan fingerprint density at radius 3 is 1.93 bits per heavy atom. The Balaban J connectivity index is 1.96. The van der Waals surface area contributed by atoms with Crippen LogP contribution in [0.25, 0.3) is 16.9 Å². The first-order chi connectivity index (χ1) is 13.1. The smallest absolute Gasteiger partial charge is 0.284 e. The van der Waals surface area contributed by atoms with Gasteiger partial charge in [0.1, 0.15) is 0 Å². The molecule has 0 saturated carbocycles. The van der Waals surface area contributed by atoms with E-state index in [1.165, 1.54) is 11.3 Å². The highest BCUT2D eigenvalue weighted by molar-refractivity contribution is 7.90. The first kappa shape index (κ1) is 17.5. The summed E-state index contributed by atoms with van der Waals surface area (Å²) in [5, 5.41) is 1.93. The minimum Gasteiger partial charge on any atom is -0.284 e. The number of benzene rings is 3. The van der Waals surface area contributed by atoms with Crippen molar-refractivity contribution in [2.75, 3.05) is 0 Å². The molecule has 0 radical (unpaired) electrons. The van der Waals surface area contributed by atoms with E-state index in [1.54, 1.807) is 30.3 Å². The third kappa shape index (κ3) is 3.63. The summed E-state index contributed by atoms with van der Waals surface area (Å²) >= 11 is 1.30. The number of hydrogen-bond donors (Lipinski definition) is 0. The number of rotatable bonds is 4. The second-order valence-corrected chi connectivity index (χ2v) is 8.26. The lowest BCUT2D eigenvalue weighted by Crippen LogP contribution is -2.16. The molecule has 4 nitrogen and oxygen atoms in total. The Labute approximate surface area is 161 Å². The van der Waals surface area contributed by atoms with Gasteiger partial charge in [0, 0.05) is 11.1 Å². The number of nitrogens with zero attached hydrogens (tertiary/aromatic N) is 2. The Hall–Kier alpha value is -2.96. The van der Waals surface area contributed by atoms with Gasteiger partial charge in [0.05, 0.1) is 10.6 Å². The molecule has 134 valence electrons. The number of hydrogen-bond acceptors (Lipinski definition) is 3. The molecule has 3 aromatic carbocycles. The number of aromatic nitrogens is 1. The van der Waals surface area contributed by atoms with Crippen LogP contribution in [0.1, 0.15) is 0 Å². The van der Waals surface area contributed by atoms with Crippen LogP contribution in [0.2, 0.25) is 0 Å². The molecular formula is C21H16N2O2S2. The van der Waals surface area contributed by atoms with Crippen molar-refractivity contribution in [1.29, 1.82) is 0 Å². The van der Waals surface area contributed by atoms with Crippen molar-refractivity contribution in [2.24, 2.45) is 4.40 Å². The minimum atomic E-state index is -3.80. The van der Waals surface area contributed by atoms with E-state index < -0.39 is 10.0 Å². The highest BCUT2D eigenvalue weighted by Gasteiger charge is 2.15. The van der Waals surface area contributed by atoms with E-state index in [4.69, 9.17) is 0 Å². The van der Waals surface area contributed by atoms with Gasteiger partial charge in [-0.05, 0) is 29.8 Å². The van der Waals surface area contributed by atoms with Crippen LogP contribution in [0, 0.1) is 0 Å². The quantitative estimate of drug-likeness (QED) is 0.514. The molecule has 1 aromatic heterocycles. The minimum absolute atomic E-state index is 0.180. The zero-order valence-corrected chi connectivity index (χ0v) is 15.9. The van der Waals surface area contributed by atoms with E-state index in [9.17, 15) is 8.42 Å². The van der Waals surface area contributed by atoms with Crippen LogP contribution < -0.4 is 4.80 Å². The summed E-state index contributed by atoms with van der Waals surface area (Å²) in [7, 11) is -3.80. The molecule has 0 aliphatic rings. The Morgan fingerprint density at radius 1 is 0.741 bits per heavy atom. The molecule has 4 aromatic rings.